The molecule has 0 saturated heterocycles. The molecule has 2 N–H and O–H groups in total. The van der Waals surface area contributed by atoms with Crippen LogP contribution in [0.3, 0.4) is 0 Å². The van der Waals surface area contributed by atoms with Gasteiger partial charge in [0.15, 0.2) is 11.4 Å². The van der Waals surface area contributed by atoms with E-state index >= 15 is 0 Å². The van der Waals surface area contributed by atoms with E-state index in [1.165, 1.54) is 4.68 Å². The lowest BCUT2D eigenvalue weighted by Crippen LogP contribution is -2.07. The van der Waals surface area contributed by atoms with Gasteiger partial charge in [-0.25, -0.2) is 4.68 Å². The minimum Gasteiger partial charge on any atom is -0.324 e. The van der Waals surface area contributed by atoms with E-state index in [0.717, 1.165) is 11.6 Å². The molecule has 0 aliphatic heterocycles. The van der Waals surface area contributed by atoms with Crippen LogP contribution in [0, 0.1) is 6.92 Å². The number of aromatic nitrogens is 2. The van der Waals surface area contributed by atoms with Crippen molar-refractivity contribution in [2.24, 2.45) is 5.14 Å². The molecule has 0 saturated carbocycles. The van der Waals surface area contributed by atoms with Crippen LogP contribution >= 0.6 is 12.2 Å². The highest BCUT2D eigenvalue weighted by Gasteiger charge is 2.35. The molecule has 0 radical (unpaired) electrons. The van der Waals surface area contributed by atoms with Crippen molar-refractivity contribution in [3.63, 3.8) is 0 Å². The standard InChI is InChI=1S/C17H14F3N3O2S/c1-11-2-6-13(7-3-11)23-15(10-16(22-23)17(18,19)20)12-4-8-14(9-5-12)24-25-26-21/h2-10H,21H2,1H3. The highest BCUT2D eigenvalue weighted by Crippen LogP contribution is 2.33. The van der Waals surface area contributed by atoms with Crippen LogP contribution in [0.15, 0.2) is 54.6 Å². The van der Waals surface area contributed by atoms with E-state index < -0.39 is 11.9 Å². The molecule has 0 amide bonds. The van der Waals surface area contributed by atoms with Gasteiger partial charge in [-0.1, -0.05) is 22.0 Å². The molecule has 5 nitrogen and oxygen atoms in total. The zero-order chi connectivity index (χ0) is 18.7. The Hall–Kier alpha value is -2.49. The topological polar surface area (TPSA) is 62.3 Å². The molecule has 1 aromatic heterocycles. The molecule has 1 heterocycles. The van der Waals surface area contributed by atoms with Crippen molar-refractivity contribution in [3.8, 4) is 22.7 Å². The quantitative estimate of drug-likeness (QED) is 0.300. The zero-order valence-electron chi connectivity index (χ0n) is 13.5. The van der Waals surface area contributed by atoms with Crippen LogP contribution in [-0.2, 0) is 10.5 Å². The fraction of sp³-hybridized carbons (Fsp3) is 0.118. The Kier molecular flexibility index (Phi) is 5.21. The number of nitrogens with zero attached hydrogens (tertiary/aromatic N) is 2. The smallest absolute Gasteiger partial charge is 0.324 e. The first-order valence-corrected chi connectivity index (χ1v) is 8.24. The molecule has 0 aliphatic rings. The molecule has 0 unspecified atom stereocenters. The van der Waals surface area contributed by atoms with Crippen molar-refractivity contribution in [3.05, 3.63) is 65.9 Å². The number of hydrogen-bond acceptors (Lipinski definition) is 5. The number of halogens is 3. The van der Waals surface area contributed by atoms with Gasteiger partial charge in [0, 0.05) is 5.56 Å². The minimum absolute atomic E-state index is 0.307. The summed E-state index contributed by atoms with van der Waals surface area (Å²) in [5.74, 6) is 0.365. The van der Waals surface area contributed by atoms with Crippen LogP contribution in [0.25, 0.3) is 16.9 Å². The van der Waals surface area contributed by atoms with Gasteiger partial charge < -0.3 is 4.89 Å². The summed E-state index contributed by atoms with van der Waals surface area (Å²) in [7, 11) is 0. The maximum Gasteiger partial charge on any atom is 0.435 e. The molecular weight excluding hydrogens is 367 g/mol. The van der Waals surface area contributed by atoms with Gasteiger partial charge in [0.2, 0.25) is 0 Å². The molecule has 2 aromatic carbocycles. The van der Waals surface area contributed by atoms with Gasteiger partial charge in [-0.05, 0) is 49.4 Å². The lowest BCUT2D eigenvalue weighted by molar-refractivity contribution is -0.141. The van der Waals surface area contributed by atoms with E-state index in [9.17, 15) is 13.2 Å². The Bertz CT molecular complexity index is 878. The van der Waals surface area contributed by atoms with Gasteiger partial charge in [-0.15, -0.1) is 0 Å². The first-order valence-electron chi connectivity index (χ1n) is 7.43. The van der Waals surface area contributed by atoms with E-state index in [1.807, 2.05) is 19.1 Å². The molecule has 0 bridgehead atoms. The summed E-state index contributed by atoms with van der Waals surface area (Å²) in [4.78, 5) is 4.87. The Labute approximate surface area is 151 Å². The van der Waals surface area contributed by atoms with E-state index in [-0.39, 0.29) is 0 Å². The highest BCUT2D eigenvalue weighted by molar-refractivity contribution is 7.92. The summed E-state index contributed by atoms with van der Waals surface area (Å²) in [6.07, 6.45) is -4.54. The largest absolute Gasteiger partial charge is 0.435 e. The van der Waals surface area contributed by atoms with Gasteiger partial charge in [0.25, 0.3) is 0 Å². The third-order valence-electron chi connectivity index (χ3n) is 3.60. The predicted molar refractivity (Wildman–Crippen MR) is 92.2 cm³/mol. The number of hydrogen-bond donors (Lipinski definition) is 1. The number of nitrogens with two attached hydrogens (primary N) is 1. The van der Waals surface area contributed by atoms with Crippen LogP contribution in [0.2, 0.25) is 0 Å². The molecule has 0 aliphatic carbocycles. The monoisotopic (exact) mass is 381 g/mol. The fourth-order valence-corrected chi connectivity index (χ4v) is 2.47. The van der Waals surface area contributed by atoms with Crippen molar-refractivity contribution in [2.75, 3.05) is 0 Å². The summed E-state index contributed by atoms with van der Waals surface area (Å²) in [6, 6.07) is 14.4. The van der Waals surface area contributed by atoms with Gasteiger partial charge in [0.05, 0.1) is 11.4 Å². The van der Waals surface area contributed by atoms with Gasteiger partial charge in [-0.2, -0.15) is 18.3 Å². The number of benzene rings is 2. The summed E-state index contributed by atoms with van der Waals surface area (Å²) in [5.41, 5.74) is 1.42. The van der Waals surface area contributed by atoms with Crippen LogP contribution in [-0.4, -0.2) is 9.78 Å². The van der Waals surface area contributed by atoms with E-state index in [0.29, 0.717) is 34.9 Å². The minimum atomic E-state index is -4.54. The average molecular weight is 381 g/mol. The predicted octanol–water partition coefficient (Wildman–Crippen LogP) is 4.70. The van der Waals surface area contributed by atoms with E-state index in [4.69, 9.17) is 10.0 Å². The number of alkyl halides is 3. The first kappa shape index (κ1) is 18.3. The number of aryl methyl sites for hydroxylation is 1. The lowest BCUT2D eigenvalue weighted by Gasteiger charge is -2.09. The van der Waals surface area contributed by atoms with Crippen molar-refractivity contribution >= 4 is 12.2 Å². The molecular formula is C17H14F3N3O2S. The molecule has 3 aromatic rings. The second-order valence-corrected chi connectivity index (χ2v) is 5.76. The Balaban J connectivity index is 2.04. The second-order valence-electron chi connectivity index (χ2n) is 5.43. The van der Waals surface area contributed by atoms with Crippen molar-refractivity contribution in [1.29, 1.82) is 0 Å². The molecule has 0 fully saturated rings. The van der Waals surface area contributed by atoms with Crippen molar-refractivity contribution < 1.29 is 22.4 Å². The van der Waals surface area contributed by atoms with Crippen molar-refractivity contribution in [2.45, 2.75) is 13.1 Å². The van der Waals surface area contributed by atoms with Gasteiger partial charge in [0.1, 0.15) is 12.2 Å². The summed E-state index contributed by atoms with van der Waals surface area (Å²) >= 11 is 0.543. The third-order valence-corrected chi connectivity index (χ3v) is 3.74. The Morgan fingerprint density at radius 1 is 1.04 bits per heavy atom. The number of rotatable bonds is 5. The summed E-state index contributed by atoms with van der Waals surface area (Å²) < 4.78 is 45.3. The summed E-state index contributed by atoms with van der Waals surface area (Å²) in [5, 5.41) is 8.83. The lowest BCUT2D eigenvalue weighted by atomic mass is 10.1. The Morgan fingerprint density at radius 3 is 2.27 bits per heavy atom. The van der Waals surface area contributed by atoms with Crippen LogP contribution in [0.1, 0.15) is 11.3 Å². The van der Waals surface area contributed by atoms with E-state index in [1.54, 1.807) is 36.4 Å². The highest BCUT2D eigenvalue weighted by atomic mass is 32.2. The molecule has 26 heavy (non-hydrogen) atoms. The molecule has 3 rings (SSSR count). The molecule has 0 atom stereocenters. The van der Waals surface area contributed by atoms with Crippen LogP contribution in [0.4, 0.5) is 13.2 Å². The molecule has 0 spiro atoms. The summed E-state index contributed by atoms with van der Waals surface area (Å²) in [6.45, 7) is 1.90. The average Bonchev–Trinajstić information content (AvgIpc) is 3.07. The first-order chi connectivity index (χ1) is 12.4. The van der Waals surface area contributed by atoms with E-state index in [2.05, 4.69) is 9.43 Å². The third kappa shape index (κ3) is 4.01. The van der Waals surface area contributed by atoms with Crippen LogP contribution < -0.4 is 10.0 Å². The second kappa shape index (κ2) is 7.40. The maximum absolute atomic E-state index is 13.2. The fourth-order valence-electron chi connectivity index (χ4n) is 2.35. The van der Waals surface area contributed by atoms with Gasteiger partial charge in [-0.3, -0.25) is 5.14 Å². The maximum atomic E-state index is 13.2. The van der Waals surface area contributed by atoms with Gasteiger partial charge >= 0.3 is 6.18 Å². The molecule has 136 valence electrons. The van der Waals surface area contributed by atoms with Crippen molar-refractivity contribution in [1.82, 2.24) is 9.78 Å². The SMILES string of the molecule is Cc1ccc(-n2nc(C(F)(F)F)cc2-c2ccc(OOSN)cc2)cc1. The van der Waals surface area contributed by atoms with Crippen LogP contribution in [0.5, 0.6) is 5.75 Å². The Morgan fingerprint density at radius 2 is 1.69 bits per heavy atom. The molecule has 9 heteroatoms. The zero-order valence-corrected chi connectivity index (χ0v) is 14.3. The normalized spacial score (nSPS) is 11.6.